The molecule has 0 saturated heterocycles. The van der Waals surface area contributed by atoms with Gasteiger partial charge >= 0.3 is 12.1 Å². The number of esters is 1. The Balaban J connectivity index is 4.78. The quantitative estimate of drug-likeness (QED) is 0.401. The lowest BCUT2D eigenvalue weighted by Crippen LogP contribution is -2.46. The minimum Gasteiger partial charge on any atom is -0.464 e. The summed E-state index contributed by atoms with van der Waals surface area (Å²) in [5.41, 5.74) is -0.584. The highest BCUT2D eigenvalue weighted by atomic mass is 79.9. The Morgan fingerprint density at radius 3 is 2.30 bits per heavy atom. The predicted molar refractivity (Wildman–Crippen MR) is 82.1 cm³/mol. The maximum absolute atomic E-state index is 12.2. The average Bonchev–Trinajstić information content (AvgIpc) is 2.32. The van der Waals surface area contributed by atoms with Gasteiger partial charge in [0.15, 0.2) is 0 Å². The van der Waals surface area contributed by atoms with E-state index >= 15 is 0 Å². The zero-order valence-corrected chi connectivity index (χ0v) is 14.7. The van der Waals surface area contributed by atoms with Crippen LogP contribution in [0.15, 0.2) is 0 Å². The molecule has 0 rings (SSSR count). The molecule has 0 heterocycles. The van der Waals surface area contributed by atoms with Gasteiger partial charge in [-0.3, -0.25) is 4.90 Å². The van der Waals surface area contributed by atoms with Crippen molar-refractivity contribution >= 4 is 28.0 Å². The molecule has 0 unspecified atom stereocenters. The van der Waals surface area contributed by atoms with Gasteiger partial charge in [-0.05, 0) is 47.5 Å². The zero-order chi connectivity index (χ0) is 15.8. The summed E-state index contributed by atoms with van der Waals surface area (Å²) < 4.78 is 10.3. The molecule has 0 bridgehead atoms. The molecule has 0 saturated carbocycles. The zero-order valence-electron chi connectivity index (χ0n) is 13.1. The fourth-order valence-electron chi connectivity index (χ4n) is 1.53. The summed E-state index contributed by atoms with van der Waals surface area (Å²) in [7, 11) is 0. The molecule has 0 fully saturated rings. The molecule has 118 valence electrons. The number of hydrogen-bond acceptors (Lipinski definition) is 4. The van der Waals surface area contributed by atoms with Crippen LogP contribution in [-0.2, 0) is 14.3 Å². The molecular formula is C14H26BrNO4. The number of ether oxygens (including phenoxy) is 2. The molecule has 5 nitrogen and oxygen atoms in total. The molecule has 0 aromatic heterocycles. The van der Waals surface area contributed by atoms with E-state index in [0.717, 1.165) is 18.2 Å². The van der Waals surface area contributed by atoms with Crippen LogP contribution in [0.1, 0.15) is 47.5 Å². The van der Waals surface area contributed by atoms with Gasteiger partial charge in [-0.25, -0.2) is 9.59 Å². The molecule has 0 aliphatic heterocycles. The van der Waals surface area contributed by atoms with Crippen molar-refractivity contribution in [1.29, 1.82) is 0 Å². The summed E-state index contributed by atoms with van der Waals surface area (Å²) in [5.74, 6) is -0.405. The van der Waals surface area contributed by atoms with Crippen LogP contribution in [0, 0.1) is 0 Å². The molecule has 6 heteroatoms. The van der Waals surface area contributed by atoms with Gasteiger partial charge in [-0.15, -0.1) is 0 Å². The van der Waals surface area contributed by atoms with Crippen molar-refractivity contribution in [2.75, 3.05) is 18.5 Å². The summed E-state index contributed by atoms with van der Waals surface area (Å²) >= 11 is 3.35. The van der Waals surface area contributed by atoms with Crippen molar-refractivity contribution in [3.05, 3.63) is 0 Å². The van der Waals surface area contributed by atoms with Crippen LogP contribution < -0.4 is 0 Å². The van der Waals surface area contributed by atoms with Gasteiger partial charge < -0.3 is 9.47 Å². The van der Waals surface area contributed by atoms with Crippen molar-refractivity contribution in [1.82, 2.24) is 4.90 Å². The first-order valence-electron chi connectivity index (χ1n) is 6.95. The molecule has 20 heavy (non-hydrogen) atoms. The lowest BCUT2D eigenvalue weighted by atomic mass is 10.2. The van der Waals surface area contributed by atoms with Crippen LogP contribution in [-0.4, -0.2) is 47.1 Å². The first kappa shape index (κ1) is 19.2. The number of carbonyl (C=O) groups excluding carboxylic acids is 2. The van der Waals surface area contributed by atoms with E-state index in [1.807, 2.05) is 0 Å². The van der Waals surface area contributed by atoms with E-state index in [-0.39, 0.29) is 0 Å². The number of halogens is 1. The third kappa shape index (κ3) is 7.72. The minimum atomic E-state index is -0.639. The normalized spacial score (nSPS) is 12.7. The number of amides is 1. The molecule has 0 spiro atoms. The highest BCUT2D eigenvalue weighted by Gasteiger charge is 2.30. The van der Waals surface area contributed by atoms with Crippen molar-refractivity contribution < 1.29 is 19.1 Å². The summed E-state index contributed by atoms with van der Waals surface area (Å²) in [5, 5.41) is 0.864. The Morgan fingerprint density at radius 2 is 1.85 bits per heavy atom. The van der Waals surface area contributed by atoms with Crippen molar-refractivity contribution in [2.45, 2.75) is 59.1 Å². The summed E-state index contributed by atoms with van der Waals surface area (Å²) in [4.78, 5) is 25.4. The van der Waals surface area contributed by atoms with Gasteiger partial charge in [0.2, 0.25) is 0 Å². The Bertz CT molecular complexity index is 315. The van der Waals surface area contributed by atoms with Crippen molar-refractivity contribution in [3.63, 3.8) is 0 Å². The first-order valence-corrected chi connectivity index (χ1v) is 8.07. The molecule has 0 aliphatic rings. The van der Waals surface area contributed by atoms with E-state index in [9.17, 15) is 9.59 Å². The van der Waals surface area contributed by atoms with E-state index in [4.69, 9.17) is 9.47 Å². The van der Waals surface area contributed by atoms with E-state index < -0.39 is 23.7 Å². The highest BCUT2D eigenvalue weighted by molar-refractivity contribution is 9.09. The van der Waals surface area contributed by atoms with Crippen LogP contribution in [0.2, 0.25) is 0 Å². The number of carbonyl (C=O) groups is 2. The third-order valence-electron chi connectivity index (χ3n) is 2.51. The second kappa shape index (κ2) is 9.21. The Morgan fingerprint density at radius 1 is 1.25 bits per heavy atom. The average molecular weight is 352 g/mol. The topological polar surface area (TPSA) is 55.8 Å². The monoisotopic (exact) mass is 351 g/mol. The minimum absolute atomic E-state index is 0.298. The molecule has 1 amide bonds. The SMILES string of the molecule is CCOC(=O)[C@H](C)N(CCCCBr)C(=O)OC(C)(C)C. The molecular weight excluding hydrogens is 326 g/mol. The van der Waals surface area contributed by atoms with Crippen LogP contribution in [0.5, 0.6) is 0 Å². The Labute approximate surface area is 130 Å². The molecule has 0 N–H and O–H groups in total. The van der Waals surface area contributed by atoms with Crippen molar-refractivity contribution in [3.8, 4) is 0 Å². The van der Waals surface area contributed by atoms with E-state index in [1.165, 1.54) is 4.90 Å². The lowest BCUT2D eigenvalue weighted by molar-refractivity contribution is -0.148. The van der Waals surface area contributed by atoms with Crippen LogP contribution in [0.25, 0.3) is 0 Å². The number of unbranched alkanes of at least 4 members (excludes halogenated alkanes) is 1. The molecule has 0 radical (unpaired) electrons. The van der Waals surface area contributed by atoms with Crippen molar-refractivity contribution in [2.24, 2.45) is 0 Å². The van der Waals surface area contributed by atoms with Crippen LogP contribution in [0.3, 0.4) is 0 Å². The summed E-state index contributed by atoms with van der Waals surface area (Å²) in [6.07, 6.45) is 1.25. The smallest absolute Gasteiger partial charge is 0.411 e. The maximum atomic E-state index is 12.2. The predicted octanol–water partition coefficient (Wildman–Crippen LogP) is 3.35. The largest absolute Gasteiger partial charge is 0.464 e. The number of alkyl halides is 1. The standard InChI is InChI=1S/C14H26BrNO4/c1-6-19-12(17)11(2)16(10-8-7-9-15)13(18)20-14(3,4)5/h11H,6-10H2,1-5H3/t11-/m0/s1. The highest BCUT2D eigenvalue weighted by Crippen LogP contribution is 2.14. The third-order valence-corrected chi connectivity index (χ3v) is 3.07. The second-order valence-electron chi connectivity index (χ2n) is 5.50. The fraction of sp³-hybridized carbons (Fsp3) is 0.857. The Hall–Kier alpha value is -0.780. The van der Waals surface area contributed by atoms with E-state index in [2.05, 4.69) is 15.9 Å². The van der Waals surface area contributed by atoms with Gasteiger partial charge in [0.25, 0.3) is 0 Å². The molecule has 0 aliphatic carbocycles. The number of rotatable bonds is 7. The van der Waals surface area contributed by atoms with E-state index in [0.29, 0.717) is 13.2 Å². The molecule has 0 aromatic carbocycles. The van der Waals surface area contributed by atoms with Gasteiger partial charge in [0.1, 0.15) is 11.6 Å². The second-order valence-corrected chi connectivity index (χ2v) is 6.29. The van der Waals surface area contributed by atoms with E-state index in [1.54, 1.807) is 34.6 Å². The molecule has 1 atom stereocenters. The number of nitrogens with zero attached hydrogens (tertiary/aromatic N) is 1. The van der Waals surface area contributed by atoms with Gasteiger partial charge in [0.05, 0.1) is 6.61 Å². The van der Waals surface area contributed by atoms with Crippen LogP contribution >= 0.6 is 15.9 Å². The van der Waals surface area contributed by atoms with Gasteiger partial charge in [0, 0.05) is 11.9 Å². The van der Waals surface area contributed by atoms with Gasteiger partial charge in [-0.2, -0.15) is 0 Å². The van der Waals surface area contributed by atoms with Crippen LogP contribution in [0.4, 0.5) is 4.79 Å². The summed E-state index contributed by atoms with van der Waals surface area (Å²) in [6.45, 7) is 9.58. The summed E-state index contributed by atoms with van der Waals surface area (Å²) in [6, 6.07) is -0.639. The maximum Gasteiger partial charge on any atom is 0.411 e. The fourth-order valence-corrected chi connectivity index (χ4v) is 1.93. The molecule has 0 aromatic rings. The number of hydrogen-bond donors (Lipinski definition) is 0. The van der Waals surface area contributed by atoms with Gasteiger partial charge in [-0.1, -0.05) is 15.9 Å². The Kier molecular flexibility index (Phi) is 8.85. The first-order chi connectivity index (χ1) is 9.22. The lowest BCUT2D eigenvalue weighted by Gasteiger charge is -2.30.